The quantitative estimate of drug-likeness (QED) is 0.799. The molecule has 1 aromatic carbocycles. The summed E-state index contributed by atoms with van der Waals surface area (Å²) in [6.45, 7) is 3.03. The molecule has 0 radical (unpaired) electrons. The van der Waals surface area contributed by atoms with Gasteiger partial charge in [-0.1, -0.05) is 36.8 Å². The van der Waals surface area contributed by atoms with Crippen LogP contribution in [0.4, 0.5) is 0 Å². The number of hydrogen-bond acceptors (Lipinski definition) is 3. The highest BCUT2D eigenvalue weighted by molar-refractivity contribution is 5.82. The van der Waals surface area contributed by atoms with Gasteiger partial charge in [0.25, 0.3) is 0 Å². The fourth-order valence-electron chi connectivity index (χ4n) is 3.11. The van der Waals surface area contributed by atoms with Crippen molar-refractivity contribution < 1.29 is 9.59 Å². The number of carbonyl (C=O) groups is 2. The van der Waals surface area contributed by atoms with Gasteiger partial charge in [0.2, 0.25) is 11.8 Å². The van der Waals surface area contributed by atoms with Gasteiger partial charge in [-0.3, -0.25) is 14.5 Å². The number of piperidine rings is 1. The van der Waals surface area contributed by atoms with Gasteiger partial charge in [-0.2, -0.15) is 0 Å². The molecule has 0 aromatic heterocycles. The first kappa shape index (κ1) is 17.5. The molecule has 5 heteroatoms. The number of amides is 2. The monoisotopic (exact) mass is 317 g/mol. The lowest BCUT2D eigenvalue weighted by atomic mass is 10.0. The van der Waals surface area contributed by atoms with Gasteiger partial charge in [0.15, 0.2) is 0 Å². The molecule has 0 saturated carbocycles. The maximum atomic E-state index is 12.2. The Balaban J connectivity index is 1.75. The second-order valence-electron chi connectivity index (χ2n) is 6.38. The van der Waals surface area contributed by atoms with Crippen molar-refractivity contribution in [2.45, 2.75) is 51.1 Å². The van der Waals surface area contributed by atoms with Crippen molar-refractivity contribution >= 4 is 11.8 Å². The number of rotatable bonds is 7. The Morgan fingerprint density at radius 2 is 2.04 bits per heavy atom. The third-order valence-corrected chi connectivity index (χ3v) is 4.41. The maximum Gasteiger partial charge on any atom is 0.234 e. The van der Waals surface area contributed by atoms with Crippen LogP contribution in [0.3, 0.4) is 0 Å². The van der Waals surface area contributed by atoms with Crippen molar-refractivity contribution in [3.8, 4) is 0 Å². The minimum atomic E-state index is -0.324. The fraction of sp³-hybridized carbons (Fsp3) is 0.556. The topological polar surface area (TPSA) is 75.4 Å². The molecule has 1 saturated heterocycles. The highest BCUT2D eigenvalue weighted by Gasteiger charge is 2.28. The predicted octanol–water partition coefficient (Wildman–Crippen LogP) is 1.46. The summed E-state index contributed by atoms with van der Waals surface area (Å²) in [6, 6.07) is 10.1. The van der Waals surface area contributed by atoms with Gasteiger partial charge < -0.3 is 11.1 Å². The van der Waals surface area contributed by atoms with E-state index in [0.717, 1.165) is 38.6 Å². The van der Waals surface area contributed by atoms with E-state index >= 15 is 0 Å². The van der Waals surface area contributed by atoms with Crippen molar-refractivity contribution in [1.82, 2.24) is 10.2 Å². The number of benzene rings is 1. The average Bonchev–Trinajstić information content (AvgIpc) is 2.54. The van der Waals surface area contributed by atoms with E-state index in [4.69, 9.17) is 5.73 Å². The largest absolute Gasteiger partial charge is 0.368 e. The Kier molecular flexibility index (Phi) is 6.59. The van der Waals surface area contributed by atoms with Crippen LogP contribution in [-0.2, 0) is 16.0 Å². The standard InChI is InChI=1S/C18H27N3O2/c1-14(10-11-15-7-3-2-4-8-15)20-17(22)13-21-12-6-5-9-16(21)18(19)23/h2-4,7-8,14,16H,5-6,9-13H2,1H3,(H2,19,23)(H,20,22)/t14-,16-/m0/s1. The van der Waals surface area contributed by atoms with Crippen molar-refractivity contribution in [3.05, 3.63) is 35.9 Å². The summed E-state index contributed by atoms with van der Waals surface area (Å²) in [7, 11) is 0. The van der Waals surface area contributed by atoms with Crippen LogP contribution in [0.5, 0.6) is 0 Å². The van der Waals surface area contributed by atoms with E-state index in [0.29, 0.717) is 0 Å². The minimum Gasteiger partial charge on any atom is -0.368 e. The molecule has 1 fully saturated rings. The van der Waals surface area contributed by atoms with Gasteiger partial charge in [-0.15, -0.1) is 0 Å². The van der Waals surface area contributed by atoms with Crippen LogP contribution >= 0.6 is 0 Å². The van der Waals surface area contributed by atoms with E-state index in [9.17, 15) is 9.59 Å². The molecule has 1 aromatic rings. The molecule has 126 valence electrons. The predicted molar refractivity (Wildman–Crippen MR) is 90.8 cm³/mol. The van der Waals surface area contributed by atoms with E-state index in [2.05, 4.69) is 17.4 Å². The average molecular weight is 317 g/mol. The van der Waals surface area contributed by atoms with Gasteiger partial charge >= 0.3 is 0 Å². The summed E-state index contributed by atoms with van der Waals surface area (Å²) in [5.41, 5.74) is 6.71. The molecule has 1 aliphatic heterocycles. The molecular formula is C18H27N3O2. The molecular weight excluding hydrogens is 290 g/mol. The summed E-state index contributed by atoms with van der Waals surface area (Å²) < 4.78 is 0. The second kappa shape index (κ2) is 8.67. The Morgan fingerprint density at radius 3 is 2.74 bits per heavy atom. The molecule has 2 rings (SSSR count). The van der Waals surface area contributed by atoms with Crippen molar-refractivity contribution in [3.63, 3.8) is 0 Å². The molecule has 3 N–H and O–H groups in total. The van der Waals surface area contributed by atoms with E-state index in [1.807, 2.05) is 30.0 Å². The first-order valence-electron chi connectivity index (χ1n) is 8.43. The molecule has 0 spiro atoms. The number of nitrogens with zero attached hydrogens (tertiary/aromatic N) is 1. The highest BCUT2D eigenvalue weighted by atomic mass is 16.2. The third-order valence-electron chi connectivity index (χ3n) is 4.41. The molecule has 5 nitrogen and oxygen atoms in total. The van der Waals surface area contributed by atoms with E-state index in [-0.39, 0.29) is 30.4 Å². The third kappa shape index (κ3) is 5.67. The Morgan fingerprint density at radius 1 is 1.30 bits per heavy atom. The summed E-state index contributed by atoms with van der Waals surface area (Å²) in [4.78, 5) is 25.6. The Labute approximate surface area is 138 Å². The molecule has 0 unspecified atom stereocenters. The number of likely N-dealkylation sites (tertiary alicyclic amines) is 1. The first-order valence-corrected chi connectivity index (χ1v) is 8.43. The van der Waals surface area contributed by atoms with Crippen LogP contribution in [0.15, 0.2) is 30.3 Å². The van der Waals surface area contributed by atoms with E-state index < -0.39 is 0 Å². The fourth-order valence-corrected chi connectivity index (χ4v) is 3.11. The number of nitrogens with one attached hydrogen (secondary N) is 1. The molecule has 2 atom stereocenters. The number of nitrogens with two attached hydrogens (primary N) is 1. The second-order valence-corrected chi connectivity index (χ2v) is 6.38. The molecule has 0 bridgehead atoms. The normalized spacial score (nSPS) is 20.0. The van der Waals surface area contributed by atoms with E-state index in [1.54, 1.807) is 0 Å². The highest BCUT2D eigenvalue weighted by Crippen LogP contribution is 2.16. The van der Waals surface area contributed by atoms with Crippen LogP contribution in [0.25, 0.3) is 0 Å². The zero-order valence-corrected chi connectivity index (χ0v) is 13.8. The van der Waals surface area contributed by atoms with Gasteiger partial charge in [0.1, 0.15) is 0 Å². The maximum absolute atomic E-state index is 12.2. The Hall–Kier alpha value is -1.88. The van der Waals surface area contributed by atoms with Gasteiger partial charge in [0, 0.05) is 6.04 Å². The number of carbonyl (C=O) groups excluding carboxylic acids is 2. The van der Waals surface area contributed by atoms with Gasteiger partial charge in [-0.25, -0.2) is 0 Å². The molecule has 0 aliphatic carbocycles. The van der Waals surface area contributed by atoms with Crippen molar-refractivity contribution in [2.24, 2.45) is 5.73 Å². The Bertz CT molecular complexity index is 518. The van der Waals surface area contributed by atoms with Crippen LogP contribution in [0.2, 0.25) is 0 Å². The molecule has 23 heavy (non-hydrogen) atoms. The number of aryl methyl sites for hydroxylation is 1. The van der Waals surface area contributed by atoms with Crippen LogP contribution in [0, 0.1) is 0 Å². The molecule has 1 aliphatic rings. The number of hydrogen-bond donors (Lipinski definition) is 2. The van der Waals surface area contributed by atoms with Gasteiger partial charge in [0.05, 0.1) is 12.6 Å². The van der Waals surface area contributed by atoms with Gasteiger partial charge in [-0.05, 0) is 44.7 Å². The zero-order chi connectivity index (χ0) is 16.7. The summed E-state index contributed by atoms with van der Waals surface area (Å²) >= 11 is 0. The summed E-state index contributed by atoms with van der Waals surface area (Å²) in [5.74, 6) is -0.353. The lowest BCUT2D eigenvalue weighted by molar-refractivity contribution is -0.128. The van der Waals surface area contributed by atoms with Crippen LogP contribution in [0.1, 0.15) is 38.2 Å². The molecule has 2 amide bonds. The van der Waals surface area contributed by atoms with Crippen molar-refractivity contribution in [2.75, 3.05) is 13.1 Å². The van der Waals surface area contributed by atoms with Crippen LogP contribution in [-0.4, -0.2) is 41.9 Å². The van der Waals surface area contributed by atoms with Crippen LogP contribution < -0.4 is 11.1 Å². The van der Waals surface area contributed by atoms with E-state index in [1.165, 1.54) is 5.56 Å². The smallest absolute Gasteiger partial charge is 0.234 e. The minimum absolute atomic E-state index is 0.0290. The lowest BCUT2D eigenvalue weighted by Gasteiger charge is -2.33. The summed E-state index contributed by atoms with van der Waals surface area (Å²) in [5, 5.41) is 3.02. The first-order chi connectivity index (χ1) is 11.1. The molecule has 1 heterocycles. The number of primary amides is 1. The summed E-state index contributed by atoms with van der Waals surface area (Å²) in [6.07, 6.45) is 4.61. The lowest BCUT2D eigenvalue weighted by Crippen LogP contribution is -2.51. The van der Waals surface area contributed by atoms with Crippen molar-refractivity contribution in [1.29, 1.82) is 0 Å². The SMILES string of the molecule is C[C@@H](CCc1ccccc1)NC(=O)CN1CCCC[C@H]1C(N)=O. The zero-order valence-electron chi connectivity index (χ0n) is 13.8.